The minimum atomic E-state index is 0.789. The van der Waals surface area contributed by atoms with Gasteiger partial charge >= 0.3 is 0 Å². The minimum absolute atomic E-state index is 0.789. The van der Waals surface area contributed by atoms with Crippen molar-refractivity contribution >= 4 is 12.2 Å². The number of aryl methyl sites for hydroxylation is 2. The van der Waals surface area contributed by atoms with Crippen LogP contribution >= 0.6 is 0 Å². The van der Waals surface area contributed by atoms with E-state index in [2.05, 4.69) is 43.1 Å². The lowest BCUT2D eigenvalue weighted by Crippen LogP contribution is -1.87. The molecule has 0 fully saturated rings. The Hall–Kier alpha value is -2.09. The molecule has 0 atom stereocenters. The van der Waals surface area contributed by atoms with Gasteiger partial charge in [-0.3, -0.25) is 4.98 Å². The zero-order chi connectivity index (χ0) is 13.0. The Bertz CT molecular complexity index is 573. The highest BCUT2D eigenvalue weighted by molar-refractivity contribution is 5.72. The number of hydrogen-bond donors (Lipinski definition) is 0. The monoisotopic (exact) mass is 239 g/mol. The van der Waals surface area contributed by atoms with Gasteiger partial charge in [0, 0.05) is 11.8 Å². The maximum atomic E-state index is 5.26. The fraction of sp³-hybridized carbons (Fsp3) is 0.188. The van der Waals surface area contributed by atoms with E-state index in [0.717, 1.165) is 11.3 Å². The Balaban J connectivity index is 2.27. The van der Waals surface area contributed by atoms with Crippen molar-refractivity contribution in [2.75, 3.05) is 7.11 Å². The number of nitrogens with zero attached hydrogens (tertiary/aromatic N) is 1. The van der Waals surface area contributed by atoms with Gasteiger partial charge in [0.25, 0.3) is 0 Å². The van der Waals surface area contributed by atoms with E-state index >= 15 is 0 Å². The number of benzene rings is 1. The van der Waals surface area contributed by atoms with Gasteiger partial charge < -0.3 is 4.74 Å². The quantitative estimate of drug-likeness (QED) is 0.811. The molecule has 0 saturated carbocycles. The number of rotatable bonds is 3. The number of ether oxygens (including phenoxy) is 1. The maximum absolute atomic E-state index is 5.26. The third-order valence-corrected chi connectivity index (χ3v) is 3.02. The Morgan fingerprint density at radius 2 is 1.89 bits per heavy atom. The molecule has 0 aliphatic rings. The smallest absolute Gasteiger partial charge is 0.144 e. The summed E-state index contributed by atoms with van der Waals surface area (Å²) in [6.45, 7) is 4.24. The fourth-order valence-electron chi connectivity index (χ4n) is 1.75. The molecule has 0 N–H and O–H groups in total. The molecule has 1 aromatic carbocycles. The second kappa shape index (κ2) is 5.50. The predicted molar refractivity (Wildman–Crippen MR) is 75.6 cm³/mol. The van der Waals surface area contributed by atoms with Crippen LogP contribution in [-0.2, 0) is 0 Å². The molecule has 0 aliphatic carbocycles. The highest BCUT2D eigenvalue weighted by Gasteiger charge is 1.98. The van der Waals surface area contributed by atoms with Gasteiger partial charge in [0.05, 0.1) is 13.3 Å². The van der Waals surface area contributed by atoms with Crippen molar-refractivity contribution in [1.82, 2.24) is 4.98 Å². The van der Waals surface area contributed by atoms with E-state index in [1.54, 1.807) is 19.5 Å². The molecule has 0 saturated heterocycles. The molecule has 0 amide bonds. The molecule has 0 bridgehead atoms. The van der Waals surface area contributed by atoms with E-state index in [4.69, 9.17) is 4.74 Å². The highest BCUT2D eigenvalue weighted by atomic mass is 16.5. The van der Waals surface area contributed by atoms with E-state index in [1.165, 1.54) is 16.7 Å². The van der Waals surface area contributed by atoms with Crippen LogP contribution in [0.3, 0.4) is 0 Å². The van der Waals surface area contributed by atoms with Gasteiger partial charge in [0.2, 0.25) is 0 Å². The van der Waals surface area contributed by atoms with Crippen LogP contribution < -0.4 is 4.74 Å². The highest BCUT2D eigenvalue weighted by Crippen LogP contribution is 2.19. The molecule has 2 rings (SSSR count). The van der Waals surface area contributed by atoms with E-state index in [1.807, 2.05) is 12.1 Å². The summed E-state index contributed by atoms with van der Waals surface area (Å²) in [7, 11) is 1.66. The van der Waals surface area contributed by atoms with Crippen LogP contribution in [0.25, 0.3) is 12.2 Å². The van der Waals surface area contributed by atoms with Crippen LogP contribution in [0.2, 0.25) is 0 Å². The van der Waals surface area contributed by atoms with Gasteiger partial charge in [-0.05, 0) is 36.6 Å². The summed E-state index contributed by atoms with van der Waals surface area (Å²) in [5, 5.41) is 0. The molecule has 18 heavy (non-hydrogen) atoms. The molecular weight excluding hydrogens is 222 g/mol. The largest absolute Gasteiger partial charge is 0.495 e. The summed E-state index contributed by atoms with van der Waals surface area (Å²) in [5.74, 6) is 0.789. The van der Waals surface area contributed by atoms with E-state index in [-0.39, 0.29) is 0 Å². The van der Waals surface area contributed by atoms with Crippen molar-refractivity contribution in [2.24, 2.45) is 0 Å². The Kier molecular flexibility index (Phi) is 3.78. The van der Waals surface area contributed by atoms with Crippen LogP contribution in [0.4, 0.5) is 0 Å². The number of methoxy groups -OCH3 is 1. The zero-order valence-corrected chi connectivity index (χ0v) is 11.0. The van der Waals surface area contributed by atoms with Crippen molar-refractivity contribution < 1.29 is 4.74 Å². The SMILES string of the molecule is COc1cnccc1C=Cc1ccc(C)c(C)c1. The number of hydrogen-bond acceptors (Lipinski definition) is 2. The van der Waals surface area contributed by atoms with Crippen LogP contribution in [0.1, 0.15) is 22.3 Å². The Morgan fingerprint density at radius 1 is 1.06 bits per heavy atom. The summed E-state index contributed by atoms with van der Waals surface area (Å²) in [6.07, 6.45) is 7.62. The van der Waals surface area contributed by atoms with Crippen LogP contribution in [-0.4, -0.2) is 12.1 Å². The first-order chi connectivity index (χ1) is 8.70. The van der Waals surface area contributed by atoms with Gasteiger partial charge in [-0.1, -0.05) is 30.4 Å². The summed E-state index contributed by atoms with van der Waals surface area (Å²) < 4.78 is 5.26. The molecule has 2 aromatic rings. The first-order valence-electron chi connectivity index (χ1n) is 5.94. The number of pyridine rings is 1. The second-order valence-corrected chi connectivity index (χ2v) is 4.29. The Labute approximate surface area is 108 Å². The van der Waals surface area contributed by atoms with Gasteiger partial charge in [0.15, 0.2) is 0 Å². The van der Waals surface area contributed by atoms with E-state index < -0.39 is 0 Å². The minimum Gasteiger partial charge on any atom is -0.495 e. The van der Waals surface area contributed by atoms with Crippen LogP contribution in [0.15, 0.2) is 36.7 Å². The van der Waals surface area contributed by atoms with Crippen LogP contribution in [0, 0.1) is 13.8 Å². The van der Waals surface area contributed by atoms with Crippen molar-refractivity contribution in [3.8, 4) is 5.75 Å². The Morgan fingerprint density at radius 3 is 2.61 bits per heavy atom. The third kappa shape index (κ3) is 2.77. The molecule has 1 aromatic heterocycles. The van der Waals surface area contributed by atoms with Gasteiger partial charge in [0.1, 0.15) is 5.75 Å². The summed E-state index contributed by atoms with van der Waals surface area (Å²) in [4.78, 5) is 4.04. The van der Waals surface area contributed by atoms with Crippen molar-refractivity contribution in [3.05, 3.63) is 58.9 Å². The zero-order valence-electron chi connectivity index (χ0n) is 11.0. The molecular formula is C16H17NO. The molecule has 2 nitrogen and oxygen atoms in total. The van der Waals surface area contributed by atoms with Gasteiger partial charge in [-0.25, -0.2) is 0 Å². The lowest BCUT2D eigenvalue weighted by molar-refractivity contribution is 0.412. The van der Waals surface area contributed by atoms with E-state index in [0.29, 0.717) is 0 Å². The summed E-state index contributed by atoms with van der Waals surface area (Å²) >= 11 is 0. The van der Waals surface area contributed by atoms with E-state index in [9.17, 15) is 0 Å². The lowest BCUT2D eigenvalue weighted by Gasteiger charge is -2.03. The maximum Gasteiger partial charge on any atom is 0.144 e. The first kappa shape index (κ1) is 12.4. The van der Waals surface area contributed by atoms with Crippen molar-refractivity contribution in [1.29, 1.82) is 0 Å². The number of aromatic nitrogens is 1. The fourth-order valence-corrected chi connectivity index (χ4v) is 1.75. The molecule has 0 aliphatic heterocycles. The summed E-state index contributed by atoms with van der Waals surface area (Å²) in [5.41, 5.74) is 4.84. The average Bonchev–Trinajstić information content (AvgIpc) is 2.40. The molecule has 0 radical (unpaired) electrons. The predicted octanol–water partition coefficient (Wildman–Crippen LogP) is 3.88. The first-order valence-corrected chi connectivity index (χ1v) is 5.94. The van der Waals surface area contributed by atoms with Crippen molar-refractivity contribution in [2.45, 2.75) is 13.8 Å². The topological polar surface area (TPSA) is 22.1 Å². The molecule has 0 spiro atoms. The van der Waals surface area contributed by atoms with Crippen LogP contribution in [0.5, 0.6) is 5.75 Å². The molecule has 2 heteroatoms. The summed E-state index contributed by atoms with van der Waals surface area (Å²) in [6, 6.07) is 8.38. The van der Waals surface area contributed by atoms with Gasteiger partial charge in [-0.2, -0.15) is 0 Å². The normalized spacial score (nSPS) is 10.8. The molecule has 92 valence electrons. The standard InChI is InChI=1S/C16H17NO/c1-12-4-5-14(10-13(12)2)6-7-15-8-9-17-11-16(15)18-3/h4-11H,1-3H3. The third-order valence-electron chi connectivity index (χ3n) is 3.02. The van der Waals surface area contributed by atoms with Gasteiger partial charge in [-0.15, -0.1) is 0 Å². The lowest BCUT2D eigenvalue weighted by atomic mass is 10.1. The molecule has 1 heterocycles. The van der Waals surface area contributed by atoms with Crippen molar-refractivity contribution in [3.63, 3.8) is 0 Å². The average molecular weight is 239 g/mol. The molecule has 0 unspecified atom stereocenters. The second-order valence-electron chi connectivity index (χ2n) is 4.29.